The van der Waals surface area contributed by atoms with Gasteiger partial charge in [0.2, 0.25) is 0 Å². The normalized spacial score (nSPS) is 18.6. The summed E-state index contributed by atoms with van der Waals surface area (Å²) < 4.78 is 20.0. The monoisotopic (exact) mass is 425 g/mol. The van der Waals surface area contributed by atoms with E-state index in [1.807, 2.05) is 6.92 Å². The van der Waals surface area contributed by atoms with Gasteiger partial charge in [0, 0.05) is 49.4 Å². The van der Waals surface area contributed by atoms with Crippen molar-refractivity contribution < 1.29 is 9.13 Å². The molecule has 0 aliphatic carbocycles. The minimum absolute atomic E-state index is 0.0865. The Hall–Kier alpha value is -3.46. The standard InChI is InChI=1S/C22H28FN7O/c1-4-27-20-14-8-19(21(26)28-10-14)31-12-15-7-17(23)5-6-18(15)22(30(3)13(2)25)29-11-16(20)9-24/h5-10,22,24-25,27,29H,4,11-12H2,1-3H3,(H2,26,28)/b20-16+,24-9?,25-13?. The van der Waals surface area contributed by atoms with Gasteiger partial charge in [-0.2, -0.15) is 0 Å². The molecular weight excluding hydrogens is 397 g/mol. The number of pyridine rings is 1. The molecule has 31 heavy (non-hydrogen) atoms. The van der Waals surface area contributed by atoms with Crippen molar-refractivity contribution in [3.05, 3.63) is 58.5 Å². The molecule has 3 rings (SSSR count). The number of nitrogens with zero attached hydrogens (tertiary/aromatic N) is 2. The van der Waals surface area contributed by atoms with Gasteiger partial charge in [-0.05, 0) is 43.2 Å². The molecule has 0 saturated carbocycles. The summed E-state index contributed by atoms with van der Waals surface area (Å²) in [7, 11) is 1.79. The summed E-state index contributed by atoms with van der Waals surface area (Å²) in [6.45, 7) is 4.74. The summed E-state index contributed by atoms with van der Waals surface area (Å²) in [5.74, 6) is 0.575. The summed E-state index contributed by atoms with van der Waals surface area (Å²) in [5.41, 5.74) is 9.61. The molecule has 1 atom stereocenters. The maximum Gasteiger partial charge on any atom is 0.166 e. The van der Waals surface area contributed by atoms with Crippen LogP contribution in [-0.4, -0.2) is 42.1 Å². The molecule has 0 spiro atoms. The molecule has 1 aliphatic heterocycles. The zero-order valence-electron chi connectivity index (χ0n) is 17.9. The zero-order chi connectivity index (χ0) is 22.5. The maximum absolute atomic E-state index is 14.1. The van der Waals surface area contributed by atoms with Crippen LogP contribution in [0.3, 0.4) is 0 Å². The minimum Gasteiger partial charge on any atom is -0.485 e. The van der Waals surface area contributed by atoms with Gasteiger partial charge in [-0.3, -0.25) is 10.7 Å². The van der Waals surface area contributed by atoms with E-state index in [9.17, 15) is 4.39 Å². The quantitative estimate of drug-likeness (QED) is 0.379. The van der Waals surface area contributed by atoms with Crippen LogP contribution in [0.2, 0.25) is 0 Å². The molecule has 6 N–H and O–H groups in total. The number of nitrogens with one attached hydrogen (secondary N) is 4. The maximum atomic E-state index is 14.1. The second-order valence-electron chi connectivity index (χ2n) is 7.29. The smallest absolute Gasteiger partial charge is 0.166 e. The Morgan fingerprint density at radius 3 is 2.90 bits per heavy atom. The highest BCUT2D eigenvalue weighted by Crippen LogP contribution is 2.29. The molecule has 2 bridgehead atoms. The Labute approximate surface area is 181 Å². The Bertz CT molecular complexity index is 1020. The van der Waals surface area contributed by atoms with Gasteiger partial charge >= 0.3 is 0 Å². The molecule has 2 aromatic rings. The summed E-state index contributed by atoms with van der Waals surface area (Å²) in [5, 5.41) is 22.8. The number of amidine groups is 1. The summed E-state index contributed by atoms with van der Waals surface area (Å²) in [4.78, 5) is 6.00. The van der Waals surface area contributed by atoms with E-state index in [0.717, 1.165) is 16.8 Å². The fraction of sp³-hybridized carbons (Fsp3) is 0.318. The number of aromatic nitrogens is 1. The van der Waals surface area contributed by atoms with Crippen molar-refractivity contribution in [3.8, 4) is 5.75 Å². The SMILES string of the molecule is CCN/C1=C(\C=N)CNC(N(C)C(C)=N)c2ccc(F)cc2COc2cc1cnc2N. The lowest BCUT2D eigenvalue weighted by molar-refractivity contribution is 0.286. The van der Waals surface area contributed by atoms with Crippen LogP contribution in [0.15, 0.2) is 36.0 Å². The van der Waals surface area contributed by atoms with E-state index < -0.39 is 6.17 Å². The van der Waals surface area contributed by atoms with E-state index in [1.54, 1.807) is 37.2 Å². The highest BCUT2D eigenvalue weighted by Gasteiger charge is 2.23. The number of halogens is 1. The van der Waals surface area contributed by atoms with Crippen LogP contribution in [0.5, 0.6) is 5.75 Å². The van der Waals surface area contributed by atoms with Gasteiger partial charge in [-0.1, -0.05) is 6.07 Å². The molecule has 1 unspecified atom stereocenters. The third-order valence-electron chi connectivity index (χ3n) is 5.20. The lowest BCUT2D eigenvalue weighted by Gasteiger charge is -2.32. The second-order valence-corrected chi connectivity index (χ2v) is 7.29. The average Bonchev–Trinajstić information content (AvgIpc) is 2.75. The van der Waals surface area contributed by atoms with Crippen molar-refractivity contribution >= 4 is 23.6 Å². The minimum atomic E-state index is -0.428. The van der Waals surface area contributed by atoms with Crippen LogP contribution in [0.1, 0.15) is 36.7 Å². The van der Waals surface area contributed by atoms with Crippen LogP contribution < -0.4 is 21.1 Å². The lowest BCUT2D eigenvalue weighted by atomic mass is 10.0. The number of benzene rings is 1. The van der Waals surface area contributed by atoms with Crippen molar-refractivity contribution in [3.63, 3.8) is 0 Å². The summed E-state index contributed by atoms with van der Waals surface area (Å²) in [6.07, 6.45) is 2.49. The predicted molar refractivity (Wildman–Crippen MR) is 121 cm³/mol. The van der Waals surface area contributed by atoms with Gasteiger partial charge in [-0.25, -0.2) is 9.37 Å². The van der Waals surface area contributed by atoms with Gasteiger partial charge in [0.05, 0.1) is 5.84 Å². The Morgan fingerprint density at radius 2 is 2.23 bits per heavy atom. The Morgan fingerprint density at radius 1 is 1.45 bits per heavy atom. The highest BCUT2D eigenvalue weighted by atomic mass is 19.1. The molecule has 1 aliphatic rings. The number of nitrogens with two attached hydrogens (primary N) is 1. The first-order valence-corrected chi connectivity index (χ1v) is 10.0. The summed E-state index contributed by atoms with van der Waals surface area (Å²) in [6, 6.07) is 6.28. The first-order valence-electron chi connectivity index (χ1n) is 10.0. The van der Waals surface area contributed by atoms with Gasteiger partial charge in [0.25, 0.3) is 0 Å². The summed E-state index contributed by atoms with van der Waals surface area (Å²) >= 11 is 0. The van der Waals surface area contributed by atoms with Crippen molar-refractivity contribution in [1.82, 2.24) is 20.5 Å². The van der Waals surface area contributed by atoms with E-state index in [2.05, 4.69) is 15.6 Å². The van der Waals surface area contributed by atoms with Gasteiger partial charge in [0.15, 0.2) is 11.6 Å². The lowest BCUT2D eigenvalue weighted by Crippen LogP contribution is -2.40. The molecule has 0 fully saturated rings. The molecule has 1 aromatic carbocycles. The van der Waals surface area contributed by atoms with Crippen LogP contribution in [-0.2, 0) is 6.61 Å². The number of ether oxygens (including phenoxy) is 1. The molecule has 0 saturated heterocycles. The first kappa shape index (κ1) is 22.2. The van der Waals surface area contributed by atoms with Gasteiger partial charge in [0.1, 0.15) is 18.6 Å². The molecule has 164 valence electrons. The van der Waals surface area contributed by atoms with E-state index in [-0.39, 0.29) is 18.2 Å². The van der Waals surface area contributed by atoms with Gasteiger partial charge < -0.3 is 26.1 Å². The number of hydrogen-bond donors (Lipinski definition) is 5. The average molecular weight is 426 g/mol. The number of rotatable bonds is 4. The van der Waals surface area contributed by atoms with Crippen LogP contribution in [0.25, 0.3) is 5.70 Å². The number of fused-ring (bicyclic) bond motifs is 3. The highest BCUT2D eigenvalue weighted by molar-refractivity contribution is 5.89. The zero-order valence-corrected chi connectivity index (χ0v) is 17.9. The molecular formula is C22H28FN7O. The molecule has 2 heterocycles. The first-order chi connectivity index (χ1) is 14.8. The van der Waals surface area contributed by atoms with Crippen LogP contribution in [0.4, 0.5) is 10.2 Å². The second kappa shape index (κ2) is 9.57. The van der Waals surface area contributed by atoms with Crippen molar-refractivity contribution in [1.29, 1.82) is 10.8 Å². The van der Waals surface area contributed by atoms with Crippen molar-refractivity contribution in [2.75, 3.05) is 25.9 Å². The molecule has 0 amide bonds. The Kier molecular flexibility index (Phi) is 6.86. The number of nitrogen functional groups attached to an aromatic ring is 1. The number of anilines is 1. The van der Waals surface area contributed by atoms with Crippen LogP contribution >= 0.6 is 0 Å². The third kappa shape index (κ3) is 4.83. The predicted octanol–water partition coefficient (Wildman–Crippen LogP) is 2.88. The van der Waals surface area contributed by atoms with Crippen molar-refractivity contribution in [2.45, 2.75) is 26.6 Å². The van der Waals surface area contributed by atoms with Crippen molar-refractivity contribution in [2.24, 2.45) is 0 Å². The third-order valence-corrected chi connectivity index (χ3v) is 5.20. The van der Waals surface area contributed by atoms with Crippen LogP contribution in [0, 0.1) is 16.6 Å². The van der Waals surface area contributed by atoms with E-state index in [1.165, 1.54) is 18.3 Å². The molecule has 9 heteroatoms. The Balaban J connectivity index is 2.19. The largest absolute Gasteiger partial charge is 0.485 e. The fourth-order valence-corrected chi connectivity index (χ4v) is 3.47. The molecule has 0 radical (unpaired) electrons. The topological polar surface area (TPSA) is 123 Å². The van der Waals surface area contributed by atoms with E-state index in [4.69, 9.17) is 21.3 Å². The molecule has 1 aromatic heterocycles. The fourth-order valence-electron chi connectivity index (χ4n) is 3.47. The van der Waals surface area contributed by atoms with E-state index >= 15 is 0 Å². The number of hydrogen-bond acceptors (Lipinski definition) is 7. The van der Waals surface area contributed by atoms with Gasteiger partial charge in [-0.15, -0.1) is 0 Å². The van der Waals surface area contributed by atoms with E-state index in [0.29, 0.717) is 35.8 Å². The molecule has 8 nitrogen and oxygen atoms in total.